The number of hydrogen-bond donors (Lipinski definition) is 2. The third-order valence-corrected chi connectivity index (χ3v) is 6.22. The molecule has 1 saturated heterocycles. The highest BCUT2D eigenvalue weighted by molar-refractivity contribution is 7.14. The molecular formula is C21H21N3O6S. The van der Waals surface area contributed by atoms with Gasteiger partial charge in [0, 0.05) is 18.2 Å². The summed E-state index contributed by atoms with van der Waals surface area (Å²) < 4.78 is 10.7. The molecule has 1 unspecified atom stereocenters. The minimum atomic E-state index is -1.17. The Balaban J connectivity index is 1.43. The Bertz CT molecular complexity index is 1080. The summed E-state index contributed by atoms with van der Waals surface area (Å²) in [5.41, 5.74) is -0.369. The fourth-order valence-corrected chi connectivity index (χ4v) is 4.40. The van der Waals surface area contributed by atoms with Crippen molar-refractivity contribution < 1.29 is 28.7 Å². The van der Waals surface area contributed by atoms with Crippen LogP contribution in [0.4, 0.5) is 4.79 Å². The van der Waals surface area contributed by atoms with Crippen molar-refractivity contribution in [3.05, 3.63) is 45.6 Å². The Kier molecular flexibility index (Phi) is 5.40. The van der Waals surface area contributed by atoms with Gasteiger partial charge in [0.15, 0.2) is 17.3 Å². The van der Waals surface area contributed by atoms with E-state index in [9.17, 15) is 19.2 Å². The normalized spacial score (nSPS) is 19.5. The lowest BCUT2D eigenvalue weighted by Gasteiger charge is -2.21. The van der Waals surface area contributed by atoms with Crippen LogP contribution in [0.1, 0.15) is 34.0 Å². The molecule has 0 aliphatic carbocycles. The minimum Gasteiger partial charge on any atom is -0.454 e. The summed E-state index contributed by atoms with van der Waals surface area (Å²) in [6, 6.07) is 8.13. The van der Waals surface area contributed by atoms with Crippen LogP contribution in [0.3, 0.4) is 0 Å². The highest BCUT2D eigenvalue weighted by Crippen LogP contribution is 2.34. The molecule has 3 heterocycles. The first kappa shape index (κ1) is 20.9. The number of urea groups is 1. The molecule has 2 aliphatic rings. The van der Waals surface area contributed by atoms with Crippen molar-refractivity contribution in [2.24, 2.45) is 0 Å². The number of carbonyl (C=O) groups is 4. The molecule has 0 spiro atoms. The van der Waals surface area contributed by atoms with Crippen LogP contribution >= 0.6 is 11.3 Å². The molecule has 0 radical (unpaired) electrons. The molecule has 4 rings (SSSR count). The van der Waals surface area contributed by atoms with Crippen LogP contribution in [0.25, 0.3) is 0 Å². The van der Waals surface area contributed by atoms with Crippen molar-refractivity contribution in [1.82, 2.24) is 15.5 Å². The number of ether oxygens (including phenoxy) is 2. The van der Waals surface area contributed by atoms with Crippen LogP contribution in [-0.4, -0.2) is 47.4 Å². The van der Waals surface area contributed by atoms with Crippen LogP contribution in [-0.2, 0) is 22.6 Å². The Hall–Kier alpha value is -3.40. The number of ketones is 1. The summed E-state index contributed by atoms with van der Waals surface area (Å²) in [7, 11) is 0. The predicted octanol–water partition coefficient (Wildman–Crippen LogP) is 1.85. The third-order valence-electron chi connectivity index (χ3n) is 5.09. The molecule has 4 amide bonds. The van der Waals surface area contributed by atoms with Crippen molar-refractivity contribution in [3.63, 3.8) is 0 Å². The standard InChI is InChI=1S/C21H21N3O6S/c1-12(25)22-9-14-4-6-18(31-14)15(26)10-24-19(27)21(2,23-20(24)28)8-13-3-5-16-17(7-13)30-11-29-16/h3-7H,8-11H2,1-2H3,(H,22,25)(H,23,28). The SMILES string of the molecule is CC(=O)NCc1ccc(C(=O)CN2C(=O)NC(C)(Cc3ccc4c(c3)OCO4)C2=O)s1. The molecule has 10 heteroatoms. The number of rotatable bonds is 7. The van der Waals surface area contributed by atoms with E-state index in [2.05, 4.69) is 10.6 Å². The van der Waals surface area contributed by atoms with Gasteiger partial charge in [-0.05, 0) is 36.8 Å². The van der Waals surface area contributed by atoms with Gasteiger partial charge in [0.2, 0.25) is 12.7 Å². The molecule has 1 fully saturated rings. The topological polar surface area (TPSA) is 114 Å². The van der Waals surface area contributed by atoms with Gasteiger partial charge in [-0.2, -0.15) is 0 Å². The first-order valence-corrected chi connectivity index (χ1v) is 10.5. The maximum Gasteiger partial charge on any atom is 0.325 e. The number of fused-ring (bicyclic) bond motifs is 1. The van der Waals surface area contributed by atoms with E-state index < -0.39 is 17.5 Å². The largest absolute Gasteiger partial charge is 0.454 e. The van der Waals surface area contributed by atoms with E-state index in [1.807, 2.05) is 6.07 Å². The van der Waals surface area contributed by atoms with E-state index in [0.717, 1.165) is 15.3 Å². The molecule has 31 heavy (non-hydrogen) atoms. The van der Waals surface area contributed by atoms with E-state index in [-0.39, 0.29) is 31.4 Å². The van der Waals surface area contributed by atoms with Crippen LogP contribution in [0.15, 0.2) is 30.3 Å². The minimum absolute atomic E-state index is 0.150. The summed E-state index contributed by atoms with van der Waals surface area (Å²) in [4.78, 5) is 51.4. The van der Waals surface area contributed by atoms with Crippen LogP contribution in [0.2, 0.25) is 0 Å². The molecule has 0 bridgehead atoms. The van der Waals surface area contributed by atoms with Gasteiger partial charge in [-0.25, -0.2) is 4.79 Å². The predicted molar refractivity (Wildman–Crippen MR) is 111 cm³/mol. The third kappa shape index (κ3) is 4.24. The summed E-state index contributed by atoms with van der Waals surface area (Å²) in [5.74, 6) is 0.269. The van der Waals surface area contributed by atoms with Crippen molar-refractivity contribution >= 4 is 35.0 Å². The van der Waals surface area contributed by atoms with Gasteiger partial charge in [-0.3, -0.25) is 19.3 Å². The van der Waals surface area contributed by atoms with Gasteiger partial charge in [0.25, 0.3) is 5.91 Å². The zero-order valence-corrected chi connectivity index (χ0v) is 17.8. The van der Waals surface area contributed by atoms with Crippen molar-refractivity contribution in [2.75, 3.05) is 13.3 Å². The van der Waals surface area contributed by atoms with Gasteiger partial charge in [0.05, 0.1) is 18.0 Å². The second kappa shape index (κ2) is 8.03. The van der Waals surface area contributed by atoms with Gasteiger partial charge in [-0.1, -0.05) is 6.07 Å². The van der Waals surface area contributed by atoms with Crippen LogP contribution in [0, 0.1) is 0 Å². The maximum absolute atomic E-state index is 13.0. The molecular weight excluding hydrogens is 422 g/mol. The molecule has 1 atom stereocenters. The Morgan fingerprint density at radius 2 is 1.97 bits per heavy atom. The van der Waals surface area contributed by atoms with Crippen molar-refractivity contribution in [3.8, 4) is 11.5 Å². The van der Waals surface area contributed by atoms with Gasteiger partial charge < -0.3 is 20.1 Å². The summed E-state index contributed by atoms with van der Waals surface area (Å²) in [6.07, 6.45) is 0.249. The molecule has 1 aromatic heterocycles. The molecule has 1 aromatic carbocycles. The fraction of sp³-hybridized carbons (Fsp3) is 0.333. The second-order valence-corrected chi connectivity index (χ2v) is 8.79. The van der Waals surface area contributed by atoms with Crippen LogP contribution < -0.4 is 20.1 Å². The van der Waals surface area contributed by atoms with E-state index in [0.29, 0.717) is 22.9 Å². The average Bonchev–Trinajstić information content (AvgIpc) is 3.42. The fourth-order valence-electron chi connectivity index (χ4n) is 3.53. The first-order valence-electron chi connectivity index (χ1n) is 9.64. The monoisotopic (exact) mass is 443 g/mol. The quantitative estimate of drug-likeness (QED) is 0.499. The van der Waals surface area contributed by atoms with Crippen molar-refractivity contribution in [1.29, 1.82) is 0 Å². The average molecular weight is 443 g/mol. The van der Waals surface area contributed by atoms with E-state index in [1.54, 1.807) is 31.2 Å². The number of amides is 4. The van der Waals surface area contributed by atoms with Crippen molar-refractivity contribution in [2.45, 2.75) is 32.4 Å². The number of nitrogens with zero attached hydrogens (tertiary/aromatic N) is 1. The molecule has 162 valence electrons. The summed E-state index contributed by atoms with van der Waals surface area (Å²) in [5, 5.41) is 5.38. The Morgan fingerprint density at radius 3 is 2.74 bits per heavy atom. The van der Waals surface area contributed by atoms with E-state index in [1.165, 1.54) is 18.3 Å². The lowest BCUT2D eigenvalue weighted by molar-refractivity contribution is -0.130. The molecule has 2 aliphatic heterocycles. The van der Waals surface area contributed by atoms with E-state index >= 15 is 0 Å². The summed E-state index contributed by atoms with van der Waals surface area (Å²) in [6.45, 7) is 3.18. The van der Waals surface area contributed by atoms with E-state index in [4.69, 9.17) is 9.47 Å². The molecule has 2 aromatic rings. The number of carbonyl (C=O) groups excluding carboxylic acids is 4. The zero-order chi connectivity index (χ0) is 22.2. The highest BCUT2D eigenvalue weighted by Gasteiger charge is 2.48. The number of benzene rings is 1. The van der Waals surface area contributed by atoms with Crippen LogP contribution in [0.5, 0.6) is 11.5 Å². The molecule has 9 nitrogen and oxygen atoms in total. The lowest BCUT2D eigenvalue weighted by atomic mass is 9.92. The Morgan fingerprint density at radius 1 is 1.19 bits per heavy atom. The second-order valence-electron chi connectivity index (χ2n) is 7.62. The molecule has 2 N–H and O–H groups in total. The summed E-state index contributed by atoms with van der Waals surface area (Å²) >= 11 is 1.22. The maximum atomic E-state index is 13.0. The lowest BCUT2D eigenvalue weighted by Crippen LogP contribution is -2.46. The Labute approximate surface area is 182 Å². The number of Topliss-reactive ketones (excluding diaryl/α,β-unsaturated/α-hetero) is 1. The molecule has 0 saturated carbocycles. The highest BCUT2D eigenvalue weighted by atomic mass is 32.1. The zero-order valence-electron chi connectivity index (χ0n) is 17.0. The van der Waals surface area contributed by atoms with Gasteiger partial charge in [-0.15, -0.1) is 11.3 Å². The smallest absolute Gasteiger partial charge is 0.325 e. The number of hydrogen-bond acceptors (Lipinski definition) is 7. The number of thiophene rings is 1. The number of imide groups is 1. The number of nitrogens with one attached hydrogen (secondary N) is 2. The van der Waals surface area contributed by atoms with Gasteiger partial charge in [0.1, 0.15) is 5.54 Å². The van der Waals surface area contributed by atoms with Gasteiger partial charge >= 0.3 is 6.03 Å². The first-order chi connectivity index (χ1) is 14.7.